The van der Waals surface area contributed by atoms with Gasteiger partial charge in [-0.15, -0.1) is 11.3 Å². The maximum atomic E-state index is 11.1. The van der Waals surface area contributed by atoms with Crippen molar-refractivity contribution in [3.63, 3.8) is 0 Å². The second kappa shape index (κ2) is 5.63. The molecule has 0 saturated carbocycles. The van der Waals surface area contributed by atoms with E-state index in [4.69, 9.17) is 5.11 Å². The van der Waals surface area contributed by atoms with E-state index in [1.807, 2.05) is 25.3 Å². The molecule has 0 saturated heterocycles. The first-order chi connectivity index (χ1) is 7.04. The van der Waals surface area contributed by atoms with Crippen LogP contribution in [0.5, 0.6) is 0 Å². The number of hydrogen-bond donors (Lipinski definition) is 2. The summed E-state index contributed by atoms with van der Waals surface area (Å²) in [6.45, 7) is 4.01. The minimum absolute atomic E-state index is 0.201. The Balaban J connectivity index is 2.79. The van der Waals surface area contributed by atoms with Crippen molar-refractivity contribution in [3.05, 3.63) is 20.8 Å². The predicted octanol–water partition coefficient (Wildman–Crippen LogP) is 3.02. The minimum atomic E-state index is -0.829. The highest BCUT2D eigenvalue weighted by Crippen LogP contribution is 2.26. The first-order valence-corrected chi connectivity index (χ1v) is 6.44. The van der Waals surface area contributed by atoms with Crippen molar-refractivity contribution in [1.82, 2.24) is 5.32 Å². The van der Waals surface area contributed by atoms with E-state index in [1.54, 1.807) is 0 Å². The molecule has 1 rings (SSSR count). The lowest BCUT2D eigenvalue weighted by Gasteiger charge is -2.17. The molecule has 1 aromatic rings. The van der Waals surface area contributed by atoms with Crippen LogP contribution in [0.15, 0.2) is 15.9 Å². The summed E-state index contributed by atoms with van der Waals surface area (Å²) in [4.78, 5) is 11.9. The Morgan fingerprint density at radius 2 is 2.40 bits per heavy atom. The molecule has 2 unspecified atom stereocenters. The number of thiophene rings is 1. The summed E-state index contributed by atoms with van der Waals surface area (Å²) in [7, 11) is 0. The molecular formula is C10H14BrNO2S. The van der Waals surface area contributed by atoms with Crippen LogP contribution < -0.4 is 5.32 Å². The Labute approximate surface area is 102 Å². The molecule has 2 atom stereocenters. The van der Waals surface area contributed by atoms with Crippen molar-refractivity contribution in [2.45, 2.75) is 32.4 Å². The van der Waals surface area contributed by atoms with Gasteiger partial charge in [-0.05, 0) is 35.3 Å². The number of hydrogen-bond acceptors (Lipinski definition) is 3. The normalized spacial score (nSPS) is 14.9. The summed E-state index contributed by atoms with van der Waals surface area (Å²) >= 11 is 4.77. The van der Waals surface area contributed by atoms with Gasteiger partial charge in [0, 0.05) is 20.8 Å². The molecule has 3 nitrogen and oxygen atoms in total. The van der Waals surface area contributed by atoms with Crippen LogP contribution >= 0.6 is 27.3 Å². The van der Waals surface area contributed by atoms with Crippen LogP contribution in [-0.2, 0) is 4.79 Å². The fourth-order valence-electron chi connectivity index (χ4n) is 1.16. The van der Waals surface area contributed by atoms with E-state index in [9.17, 15) is 4.79 Å². The lowest BCUT2D eigenvalue weighted by molar-refractivity contribution is -0.139. The summed E-state index contributed by atoms with van der Waals surface area (Å²) in [6.07, 6.45) is 0.913. The third-order valence-electron chi connectivity index (χ3n) is 2.18. The van der Waals surface area contributed by atoms with Crippen molar-refractivity contribution in [2.75, 3.05) is 0 Å². The van der Waals surface area contributed by atoms with Crippen molar-refractivity contribution >= 4 is 33.2 Å². The van der Waals surface area contributed by atoms with E-state index in [2.05, 4.69) is 21.2 Å². The van der Waals surface area contributed by atoms with Gasteiger partial charge in [0.15, 0.2) is 0 Å². The molecule has 0 amide bonds. The number of aliphatic carboxylic acids is 1. The number of rotatable bonds is 5. The molecule has 0 radical (unpaired) electrons. The predicted molar refractivity (Wildman–Crippen MR) is 65.3 cm³/mol. The van der Waals surface area contributed by atoms with Crippen LogP contribution in [0.25, 0.3) is 0 Å². The monoisotopic (exact) mass is 291 g/mol. The van der Waals surface area contributed by atoms with Gasteiger partial charge in [-0.25, -0.2) is 0 Å². The molecule has 0 aromatic carbocycles. The van der Waals surface area contributed by atoms with E-state index in [0.717, 1.165) is 15.8 Å². The molecule has 5 heteroatoms. The average molecular weight is 292 g/mol. The first kappa shape index (κ1) is 12.7. The topological polar surface area (TPSA) is 49.3 Å². The number of carboxylic acids is 1. The Morgan fingerprint density at radius 3 is 2.80 bits per heavy atom. The molecule has 15 heavy (non-hydrogen) atoms. The highest BCUT2D eigenvalue weighted by atomic mass is 79.9. The molecule has 0 aliphatic heterocycles. The van der Waals surface area contributed by atoms with Gasteiger partial charge < -0.3 is 5.11 Å². The summed E-state index contributed by atoms with van der Waals surface area (Å²) in [6, 6.07) is 1.45. The lowest BCUT2D eigenvalue weighted by Crippen LogP contribution is -2.34. The smallest absolute Gasteiger partial charge is 0.326 e. The first-order valence-electron chi connectivity index (χ1n) is 4.77. The second-order valence-corrected chi connectivity index (χ2v) is 5.27. The molecule has 0 fully saturated rings. The van der Waals surface area contributed by atoms with Gasteiger partial charge in [0.25, 0.3) is 0 Å². The van der Waals surface area contributed by atoms with Crippen LogP contribution in [-0.4, -0.2) is 17.1 Å². The van der Waals surface area contributed by atoms with Gasteiger partial charge in [-0.3, -0.25) is 10.1 Å². The largest absolute Gasteiger partial charge is 0.480 e. The van der Waals surface area contributed by atoms with Crippen molar-refractivity contribution < 1.29 is 9.90 Å². The lowest BCUT2D eigenvalue weighted by atomic mass is 10.2. The van der Waals surface area contributed by atoms with Crippen molar-refractivity contribution in [2.24, 2.45) is 0 Å². The molecule has 0 spiro atoms. The Bertz CT molecular complexity index is 340. The zero-order chi connectivity index (χ0) is 11.4. The van der Waals surface area contributed by atoms with Crippen molar-refractivity contribution in [1.29, 1.82) is 0 Å². The van der Waals surface area contributed by atoms with Gasteiger partial charge in [-0.1, -0.05) is 6.92 Å². The molecule has 0 bridgehead atoms. The summed E-state index contributed by atoms with van der Waals surface area (Å²) in [5, 5.41) is 14.1. The molecule has 0 aliphatic rings. The highest BCUT2D eigenvalue weighted by molar-refractivity contribution is 9.10. The van der Waals surface area contributed by atoms with Crippen LogP contribution in [0.2, 0.25) is 0 Å². The fraction of sp³-hybridized carbons (Fsp3) is 0.500. The van der Waals surface area contributed by atoms with Gasteiger partial charge >= 0.3 is 5.97 Å². The summed E-state index contributed by atoms with van der Waals surface area (Å²) < 4.78 is 0.930. The Kier molecular flexibility index (Phi) is 4.76. The van der Waals surface area contributed by atoms with Crippen molar-refractivity contribution in [3.8, 4) is 0 Å². The SMILES string of the molecule is CCC(C)NC(C(=O)O)c1cc(Br)cs1. The Morgan fingerprint density at radius 1 is 1.73 bits per heavy atom. The zero-order valence-electron chi connectivity index (χ0n) is 8.66. The van der Waals surface area contributed by atoms with Gasteiger partial charge in [0.05, 0.1) is 0 Å². The van der Waals surface area contributed by atoms with Crippen LogP contribution in [0, 0.1) is 0 Å². The maximum Gasteiger partial charge on any atom is 0.326 e. The third kappa shape index (κ3) is 3.59. The molecule has 1 aromatic heterocycles. The number of halogens is 1. The number of carboxylic acid groups (broad SMARTS) is 1. The zero-order valence-corrected chi connectivity index (χ0v) is 11.1. The minimum Gasteiger partial charge on any atom is -0.480 e. The van der Waals surface area contributed by atoms with E-state index >= 15 is 0 Å². The van der Waals surface area contributed by atoms with Gasteiger partial charge in [-0.2, -0.15) is 0 Å². The third-order valence-corrected chi connectivity index (χ3v) is 3.94. The van der Waals surface area contributed by atoms with Crippen LogP contribution in [0.3, 0.4) is 0 Å². The van der Waals surface area contributed by atoms with E-state index in [-0.39, 0.29) is 6.04 Å². The standard InChI is InChI=1S/C10H14BrNO2S/c1-3-6(2)12-9(10(13)14)8-4-7(11)5-15-8/h4-6,9,12H,3H2,1-2H3,(H,13,14). The highest BCUT2D eigenvalue weighted by Gasteiger charge is 2.22. The quantitative estimate of drug-likeness (QED) is 0.877. The second-order valence-electron chi connectivity index (χ2n) is 3.41. The van der Waals surface area contributed by atoms with Crippen LogP contribution in [0.1, 0.15) is 31.2 Å². The van der Waals surface area contributed by atoms with E-state index in [0.29, 0.717) is 0 Å². The maximum absolute atomic E-state index is 11.1. The Hall–Kier alpha value is -0.390. The van der Waals surface area contributed by atoms with Gasteiger partial charge in [0.2, 0.25) is 0 Å². The summed E-state index contributed by atoms with van der Waals surface area (Å²) in [5.74, 6) is -0.829. The number of carbonyl (C=O) groups is 1. The average Bonchev–Trinajstić information content (AvgIpc) is 2.60. The molecular weight excluding hydrogens is 278 g/mol. The summed E-state index contributed by atoms with van der Waals surface area (Å²) in [5.41, 5.74) is 0. The molecule has 0 aliphatic carbocycles. The van der Waals surface area contributed by atoms with E-state index in [1.165, 1.54) is 11.3 Å². The number of nitrogens with one attached hydrogen (secondary N) is 1. The van der Waals surface area contributed by atoms with E-state index < -0.39 is 12.0 Å². The molecule has 1 heterocycles. The molecule has 2 N–H and O–H groups in total. The molecule has 84 valence electrons. The van der Waals surface area contributed by atoms with Gasteiger partial charge in [0.1, 0.15) is 6.04 Å². The fourth-order valence-corrected chi connectivity index (χ4v) is 2.65. The van der Waals surface area contributed by atoms with Crippen LogP contribution in [0.4, 0.5) is 0 Å².